The van der Waals surface area contributed by atoms with Gasteiger partial charge in [0.25, 0.3) is 5.91 Å². The molecule has 0 radical (unpaired) electrons. The van der Waals surface area contributed by atoms with Gasteiger partial charge in [0.05, 0.1) is 5.54 Å². The molecule has 3 rings (SSSR count). The standard InChI is InChI=1S/C19H21NO3/c1-13-6-4-5-7-15(13)18(21)20-19(2,3)14-8-9-16-17(12-14)23-11-10-22-16/h4-9,12H,10-11H2,1-3H3,(H,20,21). The van der Waals surface area contributed by atoms with Crippen LogP contribution in [0.1, 0.15) is 35.3 Å². The molecule has 0 atom stereocenters. The Morgan fingerprint density at radius 2 is 1.74 bits per heavy atom. The summed E-state index contributed by atoms with van der Waals surface area (Å²) in [6.45, 7) is 7.02. The number of benzene rings is 2. The second-order valence-corrected chi connectivity index (χ2v) is 6.25. The van der Waals surface area contributed by atoms with Crippen molar-refractivity contribution in [3.05, 3.63) is 59.2 Å². The van der Waals surface area contributed by atoms with Gasteiger partial charge in [-0.15, -0.1) is 0 Å². The molecule has 0 unspecified atom stereocenters. The Balaban J connectivity index is 1.84. The molecule has 0 fully saturated rings. The zero-order valence-electron chi connectivity index (χ0n) is 13.7. The molecule has 1 aliphatic heterocycles. The second-order valence-electron chi connectivity index (χ2n) is 6.25. The Kier molecular flexibility index (Phi) is 3.99. The van der Waals surface area contributed by atoms with E-state index in [4.69, 9.17) is 9.47 Å². The third-order valence-corrected chi connectivity index (χ3v) is 4.08. The molecule has 0 saturated heterocycles. The molecule has 1 aliphatic rings. The quantitative estimate of drug-likeness (QED) is 0.944. The van der Waals surface area contributed by atoms with Crippen molar-refractivity contribution in [2.24, 2.45) is 0 Å². The van der Waals surface area contributed by atoms with Crippen LogP contribution in [0.5, 0.6) is 11.5 Å². The summed E-state index contributed by atoms with van der Waals surface area (Å²) >= 11 is 0. The Labute approximate surface area is 136 Å². The van der Waals surface area contributed by atoms with Crippen LogP contribution >= 0.6 is 0 Å². The fourth-order valence-electron chi connectivity index (χ4n) is 2.68. The van der Waals surface area contributed by atoms with Crippen LogP contribution in [0.25, 0.3) is 0 Å². The number of fused-ring (bicyclic) bond motifs is 1. The minimum atomic E-state index is -0.519. The van der Waals surface area contributed by atoms with E-state index in [9.17, 15) is 4.79 Å². The maximum Gasteiger partial charge on any atom is 0.252 e. The van der Waals surface area contributed by atoms with Crippen molar-refractivity contribution >= 4 is 5.91 Å². The first-order valence-electron chi connectivity index (χ1n) is 7.76. The van der Waals surface area contributed by atoms with Crippen LogP contribution in [0, 0.1) is 6.92 Å². The summed E-state index contributed by atoms with van der Waals surface area (Å²) in [6.07, 6.45) is 0. The molecule has 0 bridgehead atoms. The first kappa shape index (κ1) is 15.4. The number of aryl methyl sites for hydroxylation is 1. The van der Waals surface area contributed by atoms with Gasteiger partial charge in [-0.25, -0.2) is 0 Å². The highest BCUT2D eigenvalue weighted by atomic mass is 16.6. The number of hydrogen-bond acceptors (Lipinski definition) is 3. The van der Waals surface area contributed by atoms with Gasteiger partial charge in [0, 0.05) is 5.56 Å². The Morgan fingerprint density at radius 3 is 2.48 bits per heavy atom. The van der Waals surface area contributed by atoms with Crippen molar-refractivity contribution in [3.63, 3.8) is 0 Å². The molecule has 1 amide bonds. The Morgan fingerprint density at radius 1 is 1.04 bits per heavy atom. The molecular formula is C19H21NO3. The van der Waals surface area contributed by atoms with E-state index >= 15 is 0 Å². The van der Waals surface area contributed by atoms with Crippen LogP contribution in [0.2, 0.25) is 0 Å². The van der Waals surface area contributed by atoms with Crippen LogP contribution in [-0.2, 0) is 5.54 Å². The van der Waals surface area contributed by atoms with Crippen molar-refractivity contribution in [2.75, 3.05) is 13.2 Å². The molecule has 2 aromatic rings. The lowest BCUT2D eigenvalue weighted by Gasteiger charge is -2.29. The molecular weight excluding hydrogens is 290 g/mol. The van der Waals surface area contributed by atoms with Crippen LogP contribution in [0.3, 0.4) is 0 Å². The minimum Gasteiger partial charge on any atom is -0.486 e. The normalized spacial score (nSPS) is 13.5. The van der Waals surface area contributed by atoms with Crippen molar-refractivity contribution in [2.45, 2.75) is 26.3 Å². The smallest absolute Gasteiger partial charge is 0.252 e. The zero-order valence-corrected chi connectivity index (χ0v) is 13.7. The van der Waals surface area contributed by atoms with Crippen LogP contribution < -0.4 is 14.8 Å². The fraction of sp³-hybridized carbons (Fsp3) is 0.316. The highest BCUT2D eigenvalue weighted by molar-refractivity contribution is 5.96. The summed E-state index contributed by atoms with van der Waals surface area (Å²) in [5.74, 6) is 1.40. The van der Waals surface area contributed by atoms with Gasteiger partial charge in [-0.3, -0.25) is 4.79 Å². The summed E-state index contributed by atoms with van der Waals surface area (Å²) in [4.78, 5) is 12.6. The fourth-order valence-corrected chi connectivity index (χ4v) is 2.68. The predicted octanol–water partition coefficient (Wildman–Crippen LogP) is 3.43. The van der Waals surface area contributed by atoms with E-state index in [-0.39, 0.29) is 5.91 Å². The highest BCUT2D eigenvalue weighted by Gasteiger charge is 2.26. The van der Waals surface area contributed by atoms with Gasteiger partial charge in [0.1, 0.15) is 13.2 Å². The molecule has 4 nitrogen and oxygen atoms in total. The lowest BCUT2D eigenvalue weighted by Crippen LogP contribution is -2.41. The van der Waals surface area contributed by atoms with E-state index < -0.39 is 5.54 Å². The molecule has 23 heavy (non-hydrogen) atoms. The number of rotatable bonds is 3. The molecule has 0 spiro atoms. The molecule has 0 aromatic heterocycles. The van der Waals surface area contributed by atoms with E-state index in [1.54, 1.807) is 0 Å². The van der Waals surface area contributed by atoms with Gasteiger partial charge >= 0.3 is 0 Å². The van der Waals surface area contributed by atoms with Crippen molar-refractivity contribution in [1.82, 2.24) is 5.32 Å². The van der Waals surface area contributed by atoms with Gasteiger partial charge in [0.2, 0.25) is 0 Å². The molecule has 0 aliphatic carbocycles. The SMILES string of the molecule is Cc1ccccc1C(=O)NC(C)(C)c1ccc2c(c1)OCCO2. The average molecular weight is 311 g/mol. The van der Waals surface area contributed by atoms with Crippen molar-refractivity contribution in [3.8, 4) is 11.5 Å². The van der Waals surface area contributed by atoms with Crippen molar-refractivity contribution in [1.29, 1.82) is 0 Å². The summed E-state index contributed by atoms with van der Waals surface area (Å²) in [5, 5.41) is 3.10. The van der Waals surface area contributed by atoms with E-state index in [2.05, 4.69) is 5.32 Å². The summed E-state index contributed by atoms with van der Waals surface area (Å²) in [5.41, 5.74) is 2.11. The number of ether oxygens (including phenoxy) is 2. The second kappa shape index (κ2) is 5.95. The molecule has 4 heteroatoms. The van der Waals surface area contributed by atoms with Gasteiger partial charge in [-0.1, -0.05) is 24.3 Å². The van der Waals surface area contributed by atoms with Crippen LogP contribution in [0.15, 0.2) is 42.5 Å². The maximum absolute atomic E-state index is 12.6. The number of carbonyl (C=O) groups excluding carboxylic acids is 1. The summed E-state index contributed by atoms with van der Waals surface area (Å²) in [6, 6.07) is 13.4. The number of hydrogen-bond donors (Lipinski definition) is 1. The summed E-state index contributed by atoms with van der Waals surface area (Å²) < 4.78 is 11.2. The third-order valence-electron chi connectivity index (χ3n) is 4.08. The monoisotopic (exact) mass is 311 g/mol. The van der Waals surface area contributed by atoms with Gasteiger partial charge in [-0.05, 0) is 50.1 Å². The third kappa shape index (κ3) is 3.16. The molecule has 1 N–H and O–H groups in total. The number of carbonyl (C=O) groups is 1. The van der Waals surface area contributed by atoms with Crippen LogP contribution in [-0.4, -0.2) is 19.1 Å². The molecule has 120 valence electrons. The number of amides is 1. The largest absolute Gasteiger partial charge is 0.486 e. The van der Waals surface area contributed by atoms with Crippen LogP contribution in [0.4, 0.5) is 0 Å². The lowest BCUT2D eigenvalue weighted by molar-refractivity contribution is 0.0911. The number of nitrogens with one attached hydrogen (secondary N) is 1. The summed E-state index contributed by atoms with van der Waals surface area (Å²) in [7, 11) is 0. The zero-order chi connectivity index (χ0) is 16.4. The minimum absolute atomic E-state index is 0.0806. The first-order chi connectivity index (χ1) is 11.0. The Bertz CT molecular complexity index is 737. The highest BCUT2D eigenvalue weighted by Crippen LogP contribution is 2.34. The first-order valence-corrected chi connectivity index (χ1v) is 7.76. The van der Waals surface area contributed by atoms with E-state index in [0.717, 1.165) is 22.6 Å². The van der Waals surface area contributed by atoms with Gasteiger partial charge < -0.3 is 14.8 Å². The molecule has 1 heterocycles. The maximum atomic E-state index is 12.6. The lowest BCUT2D eigenvalue weighted by atomic mass is 9.93. The predicted molar refractivity (Wildman–Crippen MR) is 89.1 cm³/mol. The average Bonchev–Trinajstić information content (AvgIpc) is 2.54. The van der Waals surface area contributed by atoms with E-state index in [1.807, 2.05) is 63.2 Å². The molecule has 0 saturated carbocycles. The Hall–Kier alpha value is -2.49. The van der Waals surface area contributed by atoms with Gasteiger partial charge in [0.15, 0.2) is 11.5 Å². The van der Waals surface area contributed by atoms with Gasteiger partial charge in [-0.2, -0.15) is 0 Å². The van der Waals surface area contributed by atoms with E-state index in [1.165, 1.54) is 0 Å². The van der Waals surface area contributed by atoms with E-state index in [0.29, 0.717) is 18.8 Å². The van der Waals surface area contributed by atoms with Crippen molar-refractivity contribution < 1.29 is 14.3 Å². The molecule has 2 aromatic carbocycles. The topological polar surface area (TPSA) is 47.6 Å².